The highest BCUT2D eigenvalue weighted by atomic mass is 16.5. The summed E-state index contributed by atoms with van der Waals surface area (Å²) in [5.41, 5.74) is 0. The van der Waals surface area contributed by atoms with E-state index in [4.69, 9.17) is 4.74 Å². The second-order valence-electron chi connectivity index (χ2n) is 3.30. The Kier molecular flexibility index (Phi) is 3.53. The molecule has 1 rings (SSSR count). The van der Waals surface area contributed by atoms with Crippen LogP contribution in [-0.4, -0.2) is 24.7 Å². The third-order valence-corrected chi connectivity index (χ3v) is 2.24. The van der Waals surface area contributed by atoms with Gasteiger partial charge < -0.3 is 10.1 Å². The first-order chi connectivity index (χ1) is 5.74. The zero-order valence-corrected chi connectivity index (χ0v) is 7.80. The van der Waals surface area contributed by atoms with Crippen molar-refractivity contribution in [3.8, 4) is 0 Å². The van der Waals surface area contributed by atoms with Crippen molar-refractivity contribution in [1.29, 1.82) is 0 Å². The Hall–Kier alpha value is -0.570. The molecule has 0 radical (unpaired) electrons. The first-order valence-electron chi connectivity index (χ1n) is 4.68. The lowest BCUT2D eigenvalue weighted by molar-refractivity contribution is -0.150. The Bertz CT molecular complexity index is 153. The molecule has 12 heavy (non-hydrogen) atoms. The van der Waals surface area contributed by atoms with E-state index in [-0.39, 0.29) is 18.1 Å². The highest BCUT2D eigenvalue weighted by molar-refractivity contribution is 5.76. The summed E-state index contributed by atoms with van der Waals surface area (Å²) >= 11 is 0. The summed E-state index contributed by atoms with van der Waals surface area (Å²) in [4.78, 5) is 11.3. The molecule has 2 atom stereocenters. The zero-order chi connectivity index (χ0) is 8.97. The monoisotopic (exact) mass is 171 g/mol. The highest BCUT2D eigenvalue weighted by Gasteiger charge is 2.24. The highest BCUT2D eigenvalue weighted by Crippen LogP contribution is 2.08. The summed E-state index contributed by atoms with van der Waals surface area (Å²) in [5, 5.41) is 3.11. The summed E-state index contributed by atoms with van der Waals surface area (Å²) in [6, 6.07) is -0.0426. The Labute approximate surface area is 73.5 Å². The van der Waals surface area contributed by atoms with Crippen LogP contribution in [0, 0.1) is 0 Å². The predicted molar refractivity (Wildman–Crippen MR) is 46.9 cm³/mol. The fourth-order valence-electron chi connectivity index (χ4n) is 1.25. The molecule has 3 heteroatoms. The van der Waals surface area contributed by atoms with E-state index in [1.54, 1.807) is 0 Å². The molecule has 0 aromatic rings. The summed E-state index contributed by atoms with van der Waals surface area (Å²) in [6.07, 6.45) is 2.95. The average Bonchev–Trinajstić information content (AvgIpc) is 2.56. The van der Waals surface area contributed by atoms with Crippen LogP contribution in [0.2, 0.25) is 0 Å². The van der Waals surface area contributed by atoms with Crippen LogP contribution < -0.4 is 5.32 Å². The van der Waals surface area contributed by atoms with Gasteiger partial charge in [-0.2, -0.15) is 0 Å². The molecule has 0 aromatic carbocycles. The van der Waals surface area contributed by atoms with E-state index in [2.05, 4.69) is 5.32 Å². The van der Waals surface area contributed by atoms with Crippen LogP contribution in [-0.2, 0) is 9.53 Å². The number of carbonyl (C=O) groups excluding carboxylic acids is 1. The zero-order valence-electron chi connectivity index (χ0n) is 7.80. The second-order valence-corrected chi connectivity index (χ2v) is 3.30. The molecule has 0 aromatic heterocycles. The maximum atomic E-state index is 11.3. The van der Waals surface area contributed by atoms with Gasteiger partial charge in [-0.1, -0.05) is 6.92 Å². The molecule has 1 N–H and O–H groups in total. The summed E-state index contributed by atoms with van der Waals surface area (Å²) < 4.78 is 5.18. The molecule has 1 unspecified atom stereocenters. The van der Waals surface area contributed by atoms with Crippen LogP contribution in [0.5, 0.6) is 0 Å². The molecule has 1 heterocycles. The topological polar surface area (TPSA) is 38.3 Å². The van der Waals surface area contributed by atoms with Crippen LogP contribution in [0.4, 0.5) is 0 Å². The lowest BCUT2D eigenvalue weighted by atomic mass is 10.2. The van der Waals surface area contributed by atoms with Gasteiger partial charge in [-0.3, -0.25) is 4.79 Å². The Morgan fingerprint density at radius 2 is 2.50 bits per heavy atom. The van der Waals surface area contributed by atoms with Crippen molar-refractivity contribution >= 4 is 5.97 Å². The van der Waals surface area contributed by atoms with Crippen molar-refractivity contribution in [2.75, 3.05) is 6.54 Å². The van der Waals surface area contributed by atoms with Crippen molar-refractivity contribution in [2.45, 2.75) is 45.3 Å². The standard InChI is InChI=1S/C9H17NO2/c1-3-7(2)12-9(11)8-5-4-6-10-8/h7-8,10H,3-6H2,1-2H3/t7?,8-/m1/s1. The fourth-order valence-corrected chi connectivity index (χ4v) is 1.25. The number of carbonyl (C=O) groups is 1. The van der Waals surface area contributed by atoms with Gasteiger partial charge in [0.05, 0.1) is 6.10 Å². The Balaban J connectivity index is 2.27. The third-order valence-electron chi connectivity index (χ3n) is 2.24. The molecule has 0 amide bonds. The number of ether oxygens (including phenoxy) is 1. The van der Waals surface area contributed by atoms with Gasteiger partial charge in [-0.15, -0.1) is 0 Å². The predicted octanol–water partition coefficient (Wildman–Crippen LogP) is 1.08. The summed E-state index contributed by atoms with van der Waals surface area (Å²) in [6.45, 7) is 4.88. The van der Waals surface area contributed by atoms with E-state index < -0.39 is 0 Å². The normalized spacial score (nSPS) is 25.3. The molecule has 0 bridgehead atoms. The second kappa shape index (κ2) is 4.45. The van der Waals surface area contributed by atoms with Gasteiger partial charge in [0.25, 0.3) is 0 Å². The lowest BCUT2D eigenvalue weighted by Gasteiger charge is -2.14. The van der Waals surface area contributed by atoms with Gasteiger partial charge >= 0.3 is 5.97 Å². The van der Waals surface area contributed by atoms with Crippen LogP contribution in [0.1, 0.15) is 33.1 Å². The molecule has 3 nitrogen and oxygen atoms in total. The van der Waals surface area contributed by atoms with Gasteiger partial charge in [0, 0.05) is 0 Å². The van der Waals surface area contributed by atoms with Crippen molar-refractivity contribution in [3.05, 3.63) is 0 Å². The summed E-state index contributed by atoms with van der Waals surface area (Å²) in [7, 11) is 0. The molecule has 0 saturated carbocycles. The number of rotatable bonds is 3. The molecular weight excluding hydrogens is 154 g/mol. The van der Waals surface area contributed by atoms with Gasteiger partial charge in [0.2, 0.25) is 0 Å². The number of hydrogen-bond donors (Lipinski definition) is 1. The van der Waals surface area contributed by atoms with E-state index in [9.17, 15) is 4.79 Å². The van der Waals surface area contributed by atoms with Crippen LogP contribution in [0.15, 0.2) is 0 Å². The smallest absolute Gasteiger partial charge is 0.323 e. The quantitative estimate of drug-likeness (QED) is 0.646. The number of hydrogen-bond acceptors (Lipinski definition) is 3. The van der Waals surface area contributed by atoms with E-state index >= 15 is 0 Å². The molecular formula is C9H17NO2. The van der Waals surface area contributed by atoms with Crippen molar-refractivity contribution < 1.29 is 9.53 Å². The van der Waals surface area contributed by atoms with Crippen LogP contribution in [0.25, 0.3) is 0 Å². The van der Waals surface area contributed by atoms with Gasteiger partial charge in [0.15, 0.2) is 0 Å². The maximum Gasteiger partial charge on any atom is 0.323 e. The number of nitrogens with one attached hydrogen (secondary N) is 1. The van der Waals surface area contributed by atoms with Crippen molar-refractivity contribution in [1.82, 2.24) is 5.32 Å². The van der Waals surface area contributed by atoms with Crippen LogP contribution >= 0.6 is 0 Å². The first-order valence-corrected chi connectivity index (χ1v) is 4.68. The lowest BCUT2D eigenvalue weighted by Crippen LogP contribution is -2.34. The van der Waals surface area contributed by atoms with E-state index in [0.29, 0.717) is 0 Å². The van der Waals surface area contributed by atoms with E-state index in [1.807, 2.05) is 13.8 Å². The average molecular weight is 171 g/mol. The van der Waals surface area contributed by atoms with Crippen molar-refractivity contribution in [2.24, 2.45) is 0 Å². The van der Waals surface area contributed by atoms with E-state index in [0.717, 1.165) is 25.8 Å². The minimum Gasteiger partial charge on any atom is -0.462 e. The summed E-state index contributed by atoms with van der Waals surface area (Å²) in [5.74, 6) is -0.0816. The third kappa shape index (κ3) is 2.48. The van der Waals surface area contributed by atoms with Crippen molar-refractivity contribution in [3.63, 3.8) is 0 Å². The fraction of sp³-hybridized carbons (Fsp3) is 0.889. The molecule has 1 saturated heterocycles. The molecule has 0 aliphatic carbocycles. The SMILES string of the molecule is CCC(C)OC(=O)[C@H]1CCCN1. The van der Waals surface area contributed by atoms with Gasteiger partial charge in [-0.25, -0.2) is 0 Å². The van der Waals surface area contributed by atoms with Gasteiger partial charge in [-0.05, 0) is 32.7 Å². The maximum absolute atomic E-state index is 11.3. The molecule has 1 aliphatic rings. The number of esters is 1. The minimum atomic E-state index is -0.0816. The largest absolute Gasteiger partial charge is 0.462 e. The molecule has 70 valence electrons. The Morgan fingerprint density at radius 3 is 3.00 bits per heavy atom. The van der Waals surface area contributed by atoms with E-state index in [1.165, 1.54) is 0 Å². The molecule has 1 aliphatic heterocycles. The van der Waals surface area contributed by atoms with Gasteiger partial charge in [0.1, 0.15) is 6.04 Å². The molecule has 0 spiro atoms. The van der Waals surface area contributed by atoms with Crippen LogP contribution in [0.3, 0.4) is 0 Å². The first kappa shape index (κ1) is 9.52. The molecule has 1 fully saturated rings. The minimum absolute atomic E-state index is 0.0426. The Morgan fingerprint density at radius 1 is 1.75 bits per heavy atom.